The first-order valence-corrected chi connectivity index (χ1v) is 6.14. The molecule has 0 saturated heterocycles. The van der Waals surface area contributed by atoms with Crippen LogP contribution in [-0.2, 0) is 0 Å². The SMILES string of the molecule is Fc1ccc(C(Cl)c2ccc(OC(F)(F)F)cc2)c(F)c1. The Labute approximate surface area is 121 Å². The molecule has 0 aromatic heterocycles. The highest BCUT2D eigenvalue weighted by Gasteiger charge is 2.31. The molecular formula is C14H8ClF5O. The van der Waals surface area contributed by atoms with Gasteiger partial charge in [0.05, 0.1) is 5.38 Å². The Balaban J connectivity index is 2.22. The summed E-state index contributed by atoms with van der Waals surface area (Å²) >= 11 is 6.05. The van der Waals surface area contributed by atoms with E-state index in [-0.39, 0.29) is 5.56 Å². The largest absolute Gasteiger partial charge is 0.573 e. The number of benzene rings is 2. The van der Waals surface area contributed by atoms with Crippen molar-refractivity contribution >= 4 is 11.6 Å². The molecule has 1 atom stereocenters. The fraction of sp³-hybridized carbons (Fsp3) is 0.143. The van der Waals surface area contributed by atoms with Crippen LogP contribution in [0.1, 0.15) is 16.5 Å². The summed E-state index contributed by atoms with van der Waals surface area (Å²) in [6.45, 7) is 0. The van der Waals surface area contributed by atoms with Crippen LogP contribution in [0.25, 0.3) is 0 Å². The number of ether oxygens (including phenoxy) is 1. The van der Waals surface area contributed by atoms with Gasteiger partial charge in [-0.1, -0.05) is 18.2 Å². The van der Waals surface area contributed by atoms with Crippen molar-refractivity contribution in [1.82, 2.24) is 0 Å². The van der Waals surface area contributed by atoms with Crippen LogP contribution in [0.2, 0.25) is 0 Å². The zero-order valence-electron chi connectivity index (χ0n) is 10.3. The minimum atomic E-state index is -4.79. The lowest BCUT2D eigenvalue weighted by molar-refractivity contribution is -0.274. The van der Waals surface area contributed by atoms with Gasteiger partial charge in [-0.2, -0.15) is 0 Å². The van der Waals surface area contributed by atoms with Crippen LogP contribution in [0.15, 0.2) is 42.5 Å². The molecule has 0 aliphatic rings. The third-order valence-corrected chi connectivity index (χ3v) is 3.13. The van der Waals surface area contributed by atoms with E-state index in [1.54, 1.807) is 0 Å². The second-order valence-corrected chi connectivity index (χ2v) is 4.58. The van der Waals surface area contributed by atoms with Crippen LogP contribution in [0.4, 0.5) is 22.0 Å². The molecule has 0 bridgehead atoms. The standard InChI is InChI=1S/C14H8ClF5O/c15-13(11-6-3-9(16)7-12(11)17)8-1-4-10(5-2-8)21-14(18,19)20/h1-7,13H. The first-order chi connectivity index (χ1) is 9.76. The quantitative estimate of drug-likeness (QED) is 0.558. The Bertz CT molecular complexity index is 624. The van der Waals surface area contributed by atoms with Crippen molar-refractivity contribution < 1.29 is 26.7 Å². The van der Waals surface area contributed by atoms with Gasteiger partial charge in [0.25, 0.3) is 0 Å². The highest BCUT2D eigenvalue weighted by atomic mass is 35.5. The van der Waals surface area contributed by atoms with Gasteiger partial charge in [-0.05, 0) is 23.8 Å². The smallest absolute Gasteiger partial charge is 0.406 e. The van der Waals surface area contributed by atoms with Gasteiger partial charge in [0.15, 0.2) is 0 Å². The number of hydrogen-bond acceptors (Lipinski definition) is 1. The zero-order chi connectivity index (χ0) is 15.6. The highest BCUT2D eigenvalue weighted by molar-refractivity contribution is 6.22. The Morgan fingerprint density at radius 2 is 1.57 bits per heavy atom. The first kappa shape index (κ1) is 15.6. The summed E-state index contributed by atoms with van der Waals surface area (Å²) in [4.78, 5) is 0. The molecule has 2 rings (SSSR count). The normalized spacial score (nSPS) is 13.0. The molecule has 21 heavy (non-hydrogen) atoms. The maximum Gasteiger partial charge on any atom is 0.573 e. The molecule has 0 amide bonds. The van der Waals surface area contributed by atoms with E-state index >= 15 is 0 Å². The van der Waals surface area contributed by atoms with Gasteiger partial charge in [-0.3, -0.25) is 0 Å². The van der Waals surface area contributed by atoms with Crippen molar-refractivity contribution in [2.24, 2.45) is 0 Å². The van der Waals surface area contributed by atoms with Gasteiger partial charge >= 0.3 is 6.36 Å². The van der Waals surface area contributed by atoms with Gasteiger partial charge in [0.1, 0.15) is 17.4 Å². The van der Waals surface area contributed by atoms with E-state index in [0.717, 1.165) is 18.2 Å². The molecule has 0 radical (unpaired) electrons. The van der Waals surface area contributed by atoms with Crippen molar-refractivity contribution in [3.05, 3.63) is 65.2 Å². The van der Waals surface area contributed by atoms with Crippen molar-refractivity contribution in [1.29, 1.82) is 0 Å². The summed E-state index contributed by atoms with van der Waals surface area (Å²) in [5.74, 6) is -1.98. The van der Waals surface area contributed by atoms with Gasteiger partial charge < -0.3 is 4.74 Å². The van der Waals surface area contributed by atoms with Crippen LogP contribution in [0, 0.1) is 11.6 Å². The van der Waals surface area contributed by atoms with Crippen molar-refractivity contribution in [2.45, 2.75) is 11.7 Å². The van der Waals surface area contributed by atoms with Crippen LogP contribution < -0.4 is 4.74 Å². The Morgan fingerprint density at radius 1 is 0.952 bits per heavy atom. The van der Waals surface area contributed by atoms with Gasteiger partial charge in [0, 0.05) is 11.6 Å². The third-order valence-electron chi connectivity index (χ3n) is 2.64. The summed E-state index contributed by atoms with van der Waals surface area (Å²) in [5.41, 5.74) is 0.388. The molecular weight excluding hydrogens is 315 g/mol. The van der Waals surface area contributed by atoms with E-state index in [2.05, 4.69) is 4.74 Å². The molecule has 112 valence electrons. The van der Waals surface area contributed by atoms with E-state index in [1.807, 2.05) is 0 Å². The van der Waals surface area contributed by atoms with Crippen molar-refractivity contribution in [3.63, 3.8) is 0 Å². The van der Waals surface area contributed by atoms with Gasteiger partial charge in [-0.15, -0.1) is 24.8 Å². The van der Waals surface area contributed by atoms with Gasteiger partial charge in [-0.25, -0.2) is 8.78 Å². The fourth-order valence-electron chi connectivity index (χ4n) is 1.73. The molecule has 2 aromatic carbocycles. The zero-order valence-corrected chi connectivity index (χ0v) is 11.1. The summed E-state index contributed by atoms with van der Waals surface area (Å²) in [5, 5.41) is -0.953. The molecule has 0 aliphatic carbocycles. The van der Waals surface area contributed by atoms with Gasteiger partial charge in [0.2, 0.25) is 0 Å². The fourth-order valence-corrected chi connectivity index (χ4v) is 2.05. The maximum atomic E-state index is 13.6. The topological polar surface area (TPSA) is 9.23 Å². The van der Waals surface area contributed by atoms with Crippen LogP contribution in [0.5, 0.6) is 5.75 Å². The minimum Gasteiger partial charge on any atom is -0.406 e. The molecule has 2 aromatic rings. The molecule has 0 N–H and O–H groups in total. The molecule has 7 heteroatoms. The number of rotatable bonds is 3. The van der Waals surface area contributed by atoms with E-state index in [9.17, 15) is 22.0 Å². The molecule has 0 saturated carbocycles. The predicted molar refractivity (Wildman–Crippen MR) is 67.2 cm³/mol. The molecule has 1 unspecified atom stereocenters. The second-order valence-electron chi connectivity index (χ2n) is 4.15. The molecule has 1 nitrogen and oxygen atoms in total. The summed E-state index contributed by atoms with van der Waals surface area (Å²) in [6.07, 6.45) is -4.79. The number of halogens is 6. The summed E-state index contributed by atoms with van der Waals surface area (Å²) in [7, 11) is 0. The Morgan fingerprint density at radius 3 is 2.10 bits per heavy atom. The predicted octanol–water partition coefficient (Wildman–Crippen LogP) is 5.19. The summed E-state index contributed by atoms with van der Waals surface area (Å²) in [6, 6.07) is 7.62. The Hall–Kier alpha value is -1.82. The van der Waals surface area contributed by atoms with Crippen LogP contribution in [-0.4, -0.2) is 6.36 Å². The monoisotopic (exact) mass is 322 g/mol. The molecule has 0 aliphatic heterocycles. The average Bonchev–Trinajstić information content (AvgIpc) is 2.37. The van der Waals surface area contributed by atoms with Crippen molar-refractivity contribution in [2.75, 3.05) is 0 Å². The second kappa shape index (κ2) is 5.89. The maximum absolute atomic E-state index is 13.6. The van der Waals surface area contributed by atoms with Crippen LogP contribution in [0.3, 0.4) is 0 Å². The van der Waals surface area contributed by atoms with E-state index < -0.39 is 29.1 Å². The lowest BCUT2D eigenvalue weighted by Gasteiger charge is -2.13. The van der Waals surface area contributed by atoms with E-state index in [4.69, 9.17) is 11.6 Å². The molecule has 0 heterocycles. The minimum absolute atomic E-state index is 0.0301. The van der Waals surface area contributed by atoms with Crippen molar-refractivity contribution in [3.8, 4) is 5.75 Å². The highest BCUT2D eigenvalue weighted by Crippen LogP contribution is 2.32. The molecule has 0 fully saturated rings. The number of hydrogen-bond donors (Lipinski definition) is 0. The van der Waals surface area contributed by atoms with Crippen LogP contribution >= 0.6 is 11.6 Å². The molecule has 0 spiro atoms. The lowest BCUT2D eigenvalue weighted by Crippen LogP contribution is -2.17. The average molecular weight is 323 g/mol. The summed E-state index contributed by atoms with van der Waals surface area (Å²) < 4.78 is 66.2. The van der Waals surface area contributed by atoms with E-state index in [0.29, 0.717) is 11.6 Å². The lowest BCUT2D eigenvalue weighted by atomic mass is 10.0. The Kier molecular flexibility index (Phi) is 4.37. The third kappa shape index (κ3) is 4.07. The number of alkyl halides is 4. The first-order valence-electron chi connectivity index (χ1n) is 5.71. The van der Waals surface area contributed by atoms with E-state index in [1.165, 1.54) is 18.2 Å².